The fourth-order valence-electron chi connectivity index (χ4n) is 2.82. The van der Waals surface area contributed by atoms with Gasteiger partial charge in [-0.3, -0.25) is 14.7 Å². The van der Waals surface area contributed by atoms with Gasteiger partial charge in [0.15, 0.2) is 5.96 Å². The number of primary amides is 1. The van der Waals surface area contributed by atoms with E-state index in [2.05, 4.69) is 41.3 Å². The SMILES string of the molecule is CCNC(=NCCCCC(C)C)NC1CCN(CC(N)=O)CC1.I. The van der Waals surface area contributed by atoms with Crippen molar-refractivity contribution in [2.75, 3.05) is 32.7 Å². The maximum absolute atomic E-state index is 11.0. The molecule has 1 aliphatic heterocycles. The van der Waals surface area contributed by atoms with Crippen LogP contribution < -0.4 is 16.4 Å². The average Bonchev–Trinajstić information content (AvgIpc) is 2.48. The highest BCUT2D eigenvalue weighted by Crippen LogP contribution is 2.10. The Morgan fingerprint density at radius 1 is 1.29 bits per heavy atom. The number of rotatable bonds is 9. The highest BCUT2D eigenvalue weighted by molar-refractivity contribution is 14.0. The van der Waals surface area contributed by atoms with Gasteiger partial charge in [-0.2, -0.15) is 0 Å². The van der Waals surface area contributed by atoms with Crippen LogP contribution >= 0.6 is 24.0 Å². The molecule has 1 amide bonds. The van der Waals surface area contributed by atoms with E-state index in [0.717, 1.165) is 57.3 Å². The van der Waals surface area contributed by atoms with Crippen LogP contribution in [-0.4, -0.2) is 55.5 Å². The standard InChI is InChI=1S/C17H35N5O.HI/c1-4-19-17(20-10-6-5-7-14(2)3)21-15-8-11-22(12-9-15)13-16(18)23;/h14-15H,4-13H2,1-3H3,(H2,18,23)(H2,19,20,21);1H. The maximum atomic E-state index is 11.0. The minimum Gasteiger partial charge on any atom is -0.369 e. The molecular formula is C17H36IN5O. The van der Waals surface area contributed by atoms with Crippen LogP contribution in [0.3, 0.4) is 0 Å². The summed E-state index contributed by atoms with van der Waals surface area (Å²) in [4.78, 5) is 17.8. The van der Waals surface area contributed by atoms with E-state index in [4.69, 9.17) is 5.73 Å². The number of nitrogens with zero attached hydrogens (tertiary/aromatic N) is 2. The van der Waals surface area contributed by atoms with E-state index < -0.39 is 0 Å². The normalized spacial score (nSPS) is 16.8. The molecule has 1 rings (SSSR count). The molecule has 1 aliphatic rings. The van der Waals surface area contributed by atoms with E-state index >= 15 is 0 Å². The number of likely N-dealkylation sites (tertiary alicyclic amines) is 1. The molecule has 1 heterocycles. The van der Waals surface area contributed by atoms with Crippen LogP contribution in [0.15, 0.2) is 4.99 Å². The number of carbonyl (C=O) groups excluding carboxylic acids is 1. The lowest BCUT2D eigenvalue weighted by Gasteiger charge is -2.32. The number of halogens is 1. The third kappa shape index (κ3) is 11.1. The van der Waals surface area contributed by atoms with Crippen LogP contribution in [0, 0.1) is 5.92 Å². The summed E-state index contributed by atoms with van der Waals surface area (Å²) >= 11 is 0. The van der Waals surface area contributed by atoms with E-state index in [-0.39, 0.29) is 29.9 Å². The molecule has 0 aromatic heterocycles. The molecule has 1 saturated heterocycles. The number of amides is 1. The van der Waals surface area contributed by atoms with Crippen molar-refractivity contribution in [3.8, 4) is 0 Å². The fraction of sp³-hybridized carbons (Fsp3) is 0.882. The van der Waals surface area contributed by atoms with Gasteiger partial charge < -0.3 is 16.4 Å². The molecule has 7 heteroatoms. The first-order valence-electron chi connectivity index (χ1n) is 9.06. The number of unbranched alkanes of at least 4 members (excludes halogenated alkanes) is 1. The summed E-state index contributed by atoms with van der Waals surface area (Å²) in [5.41, 5.74) is 5.25. The number of nitrogens with one attached hydrogen (secondary N) is 2. The lowest BCUT2D eigenvalue weighted by atomic mass is 10.1. The molecule has 0 aromatic carbocycles. The van der Waals surface area contributed by atoms with E-state index in [0.29, 0.717) is 12.6 Å². The Labute approximate surface area is 164 Å². The summed E-state index contributed by atoms with van der Waals surface area (Å²) in [5, 5.41) is 6.85. The summed E-state index contributed by atoms with van der Waals surface area (Å²) < 4.78 is 0. The second kappa shape index (κ2) is 13.7. The Kier molecular flexibility index (Phi) is 13.4. The highest BCUT2D eigenvalue weighted by atomic mass is 127. The quantitative estimate of drug-likeness (QED) is 0.216. The number of piperidine rings is 1. The van der Waals surface area contributed by atoms with Crippen molar-refractivity contribution in [2.24, 2.45) is 16.6 Å². The second-order valence-electron chi connectivity index (χ2n) is 6.81. The lowest BCUT2D eigenvalue weighted by Crippen LogP contribution is -2.49. The van der Waals surface area contributed by atoms with Gasteiger partial charge in [0.1, 0.15) is 0 Å². The predicted octanol–water partition coefficient (Wildman–Crippen LogP) is 1.94. The van der Waals surface area contributed by atoms with Gasteiger partial charge in [0.05, 0.1) is 6.54 Å². The van der Waals surface area contributed by atoms with Gasteiger partial charge in [0.2, 0.25) is 5.91 Å². The molecule has 24 heavy (non-hydrogen) atoms. The van der Waals surface area contributed by atoms with Crippen molar-refractivity contribution in [3.05, 3.63) is 0 Å². The Balaban J connectivity index is 0.00000529. The molecule has 0 aliphatic carbocycles. The Hall–Kier alpha value is -0.570. The van der Waals surface area contributed by atoms with Gasteiger partial charge in [0, 0.05) is 32.2 Å². The summed E-state index contributed by atoms with van der Waals surface area (Å²) in [5.74, 6) is 1.45. The molecule has 0 saturated carbocycles. The number of guanidine groups is 1. The van der Waals surface area contributed by atoms with Gasteiger partial charge in [-0.15, -0.1) is 24.0 Å². The Bertz CT molecular complexity index is 368. The zero-order chi connectivity index (χ0) is 17.1. The minimum atomic E-state index is -0.243. The molecule has 142 valence electrons. The molecule has 0 atom stereocenters. The van der Waals surface area contributed by atoms with Crippen LogP contribution in [0.1, 0.15) is 52.9 Å². The summed E-state index contributed by atoms with van der Waals surface area (Å²) in [6, 6.07) is 0.424. The largest absolute Gasteiger partial charge is 0.369 e. The third-order valence-electron chi connectivity index (χ3n) is 4.11. The first kappa shape index (κ1) is 23.4. The van der Waals surface area contributed by atoms with Crippen LogP contribution in [0.5, 0.6) is 0 Å². The summed E-state index contributed by atoms with van der Waals surface area (Å²) in [6.45, 7) is 10.6. The molecule has 4 N–H and O–H groups in total. The summed E-state index contributed by atoms with van der Waals surface area (Å²) in [6.07, 6.45) is 5.70. The second-order valence-corrected chi connectivity index (χ2v) is 6.81. The Morgan fingerprint density at radius 2 is 1.96 bits per heavy atom. The third-order valence-corrected chi connectivity index (χ3v) is 4.11. The van der Waals surface area contributed by atoms with E-state index in [9.17, 15) is 4.79 Å². The van der Waals surface area contributed by atoms with Crippen molar-refractivity contribution in [2.45, 2.75) is 58.9 Å². The van der Waals surface area contributed by atoms with Crippen molar-refractivity contribution in [1.82, 2.24) is 15.5 Å². The first-order chi connectivity index (χ1) is 11.0. The maximum Gasteiger partial charge on any atom is 0.231 e. The molecule has 0 bridgehead atoms. The molecule has 0 aromatic rings. The lowest BCUT2D eigenvalue weighted by molar-refractivity contribution is -0.119. The number of carbonyl (C=O) groups is 1. The van der Waals surface area contributed by atoms with Crippen LogP contribution in [0.25, 0.3) is 0 Å². The molecule has 6 nitrogen and oxygen atoms in total. The number of hydrogen-bond donors (Lipinski definition) is 3. The van der Waals surface area contributed by atoms with E-state index in [1.807, 2.05) is 0 Å². The van der Waals surface area contributed by atoms with E-state index in [1.165, 1.54) is 12.8 Å². The predicted molar refractivity (Wildman–Crippen MR) is 112 cm³/mol. The van der Waals surface area contributed by atoms with Crippen molar-refractivity contribution in [1.29, 1.82) is 0 Å². The molecule has 0 unspecified atom stereocenters. The first-order valence-corrected chi connectivity index (χ1v) is 9.06. The van der Waals surface area contributed by atoms with Gasteiger partial charge in [-0.1, -0.05) is 26.7 Å². The molecule has 0 spiro atoms. The zero-order valence-electron chi connectivity index (χ0n) is 15.5. The fourth-order valence-corrected chi connectivity index (χ4v) is 2.82. The van der Waals surface area contributed by atoms with Crippen molar-refractivity contribution >= 4 is 35.8 Å². The van der Waals surface area contributed by atoms with Gasteiger partial charge >= 0.3 is 0 Å². The smallest absolute Gasteiger partial charge is 0.231 e. The monoisotopic (exact) mass is 453 g/mol. The van der Waals surface area contributed by atoms with Crippen LogP contribution in [-0.2, 0) is 4.79 Å². The topological polar surface area (TPSA) is 82.8 Å². The molecule has 0 radical (unpaired) electrons. The number of hydrogen-bond acceptors (Lipinski definition) is 3. The zero-order valence-corrected chi connectivity index (χ0v) is 17.8. The average molecular weight is 453 g/mol. The van der Waals surface area contributed by atoms with E-state index in [1.54, 1.807) is 0 Å². The van der Waals surface area contributed by atoms with Crippen LogP contribution in [0.2, 0.25) is 0 Å². The minimum absolute atomic E-state index is 0. The van der Waals surface area contributed by atoms with Gasteiger partial charge in [-0.05, 0) is 32.1 Å². The number of aliphatic imine (C=N–C) groups is 1. The Morgan fingerprint density at radius 3 is 2.50 bits per heavy atom. The molecular weight excluding hydrogens is 417 g/mol. The van der Waals surface area contributed by atoms with Gasteiger partial charge in [-0.25, -0.2) is 0 Å². The van der Waals surface area contributed by atoms with Gasteiger partial charge in [0.25, 0.3) is 0 Å². The molecule has 1 fully saturated rings. The van der Waals surface area contributed by atoms with Crippen LogP contribution in [0.4, 0.5) is 0 Å². The number of nitrogens with two attached hydrogens (primary N) is 1. The highest BCUT2D eigenvalue weighted by Gasteiger charge is 2.20. The summed E-state index contributed by atoms with van der Waals surface area (Å²) in [7, 11) is 0. The van der Waals surface area contributed by atoms with Crippen molar-refractivity contribution in [3.63, 3.8) is 0 Å². The van der Waals surface area contributed by atoms with Crippen molar-refractivity contribution < 1.29 is 4.79 Å².